The summed E-state index contributed by atoms with van der Waals surface area (Å²) in [6.45, 7) is 5.24. The first-order valence-corrected chi connectivity index (χ1v) is 10.9. The van der Waals surface area contributed by atoms with Gasteiger partial charge in [-0.2, -0.15) is 0 Å². The van der Waals surface area contributed by atoms with Crippen LogP contribution in [0.1, 0.15) is 33.9 Å². The van der Waals surface area contributed by atoms with Crippen LogP contribution in [0, 0.1) is 0 Å². The average Bonchev–Trinajstić information content (AvgIpc) is 3.24. The fourth-order valence-electron chi connectivity index (χ4n) is 3.37. The van der Waals surface area contributed by atoms with E-state index in [-0.39, 0.29) is 24.4 Å². The Morgan fingerprint density at radius 2 is 1.94 bits per heavy atom. The molecule has 1 amide bonds. The van der Waals surface area contributed by atoms with Gasteiger partial charge in [0, 0.05) is 6.54 Å². The molecule has 1 saturated heterocycles. The van der Waals surface area contributed by atoms with Crippen molar-refractivity contribution in [1.29, 1.82) is 0 Å². The van der Waals surface area contributed by atoms with Crippen molar-refractivity contribution in [2.45, 2.75) is 20.0 Å². The van der Waals surface area contributed by atoms with Gasteiger partial charge in [-0.15, -0.1) is 11.3 Å². The number of morpholine rings is 1. The lowest BCUT2D eigenvalue weighted by atomic mass is 10.1. The summed E-state index contributed by atoms with van der Waals surface area (Å²) in [6.07, 6.45) is -0.357. The molecule has 1 aliphatic rings. The Balaban J connectivity index is 1.72. The molecule has 0 saturated carbocycles. The third-order valence-electron chi connectivity index (χ3n) is 4.84. The van der Waals surface area contributed by atoms with Crippen LogP contribution in [-0.2, 0) is 4.74 Å². The predicted molar refractivity (Wildman–Crippen MR) is 116 cm³/mol. The number of benzene rings is 1. The van der Waals surface area contributed by atoms with Gasteiger partial charge in [0.05, 0.1) is 39.5 Å². The van der Waals surface area contributed by atoms with E-state index >= 15 is 0 Å². The summed E-state index contributed by atoms with van der Waals surface area (Å²) < 4.78 is 28.1. The minimum atomic E-state index is -0.357. The first kappa shape index (κ1) is 22.9. The van der Waals surface area contributed by atoms with Crippen LogP contribution in [0.2, 0.25) is 0 Å². The second-order valence-electron chi connectivity index (χ2n) is 6.84. The van der Waals surface area contributed by atoms with E-state index in [0.29, 0.717) is 59.7 Å². The standard InChI is InChI=1S/C22H27NO7S/c1-5-28-18-8-11-31-21(18)22(25)23-9-10-29-15(12-23)13-30-19-16(14(2)24)6-7-17(26-3)20(19)27-4/h6-8,11,15H,5,9-10,12-13H2,1-4H3. The van der Waals surface area contributed by atoms with E-state index < -0.39 is 0 Å². The first-order valence-electron chi connectivity index (χ1n) is 10.00. The largest absolute Gasteiger partial charge is 0.493 e. The smallest absolute Gasteiger partial charge is 0.267 e. The van der Waals surface area contributed by atoms with E-state index in [9.17, 15) is 9.59 Å². The third-order valence-corrected chi connectivity index (χ3v) is 5.73. The number of ketones is 1. The maximum absolute atomic E-state index is 13.0. The topological polar surface area (TPSA) is 83.5 Å². The zero-order valence-corrected chi connectivity index (χ0v) is 19.0. The van der Waals surface area contributed by atoms with Gasteiger partial charge in [0.15, 0.2) is 17.3 Å². The molecular formula is C22H27NO7S. The second kappa shape index (κ2) is 10.5. The maximum atomic E-state index is 13.0. The van der Waals surface area contributed by atoms with Crippen molar-refractivity contribution in [1.82, 2.24) is 4.90 Å². The number of carbonyl (C=O) groups excluding carboxylic acids is 2. The van der Waals surface area contributed by atoms with Crippen molar-refractivity contribution in [3.8, 4) is 23.0 Å². The van der Waals surface area contributed by atoms with Gasteiger partial charge in [-0.05, 0) is 37.4 Å². The lowest BCUT2D eigenvalue weighted by molar-refractivity contribution is -0.0404. The monoisotopic (exact) mass is 449 g/mol. The molecule has 0 N–H and O–H groups in total. The molecule has 0 bridgehead atoms. The Hall–Kier alpha value is -2.78. The maximum Gasteiger partial charge on any atom is 0.267 e. The van der Waals surface area contributed by atoms with Crippen LogP contribution in [0.25, 0.3) is 0 Å². The minimum Gasteiger partial charge on any atom is -0.493 e. The lowest BCUT2D eigenvalue weighted by Gasteiger charge is -2.33. The second-order valence-corrected chi connectivity index (χ2v) is 7.75. The molecular weight excluding hydrogens is 422 g/mol. The van der Waals surface area contributed by atoms with E-state index in [4.69, 9.17) is 23.7 Å². The number of hydrogen-bond acceptors (Lipinski definition) is 8. The average molecular weight is 450 g/mol. The fourth-order valence-corrected chi connectivity index (χ4v) is 4.17. The highest BCUT2D eigenvalue weighted by atomic mass is 32.1. The van der Waals surface area contributed by atoms with Crippen molar-refractivity contribution in [3.63, 3.8) is 0 Å². The quantitative estimate of drug-likeness (QED) is 0.543. The molecule has 1 atom stereocenters. The van der Waals surface area contributed by atoms with E-state index in [1.807, 2.05) is 12.3 Å². The van der Waals surface area contributed by atoms with Crippen molar-refractivity contribution in [2.75, 3.05) is 47.1 Å². The van der Waals surface area contributed by atoms with Gasteiger partial charge < -0.3 is 28.6 Å². The number of nitrogens with zero attached hydrogens (tertiary/aromatic N) is 1. The summed E-state index contributed by atoms with van der Waals surface area (Å²) in [7, 11) is 3.01. The van der Waals surface area contributed by atoms with Crippen LogP contribution < -0.4 is 18.9 Å². The molecule has 1 fully saturated rings. The SMILES string of the molecule is CCOc1ccsc1C(=O)N1CCOC(COc2c(C(C)=O)ccc(OC)c2OC)C1. The Morgan fingerprint density at radius 1 is 1.13 bits per heavy atom. The zero-order chi connectivity index (χ0) is 22.4. The molecule has 3 rings (SSSR count). The number of hydrogen-bond donors (Lipinski definition) is 0. The highest BCUT2D eigenvalue weighted by Crippen LogP contribution is 2.40. The molecule has 8 nitrogen and oxygen atoms in total. The van der Waals surface area contributed by atoms with Crippen LogP contribution in [-0.4, -0.2) is 69.8 Å². The Bertz CT molecular complexity index is 927. The fraction of sp³-hybridized carbons (Fsp3) is 0.455. The van der Waals surface area contributed by atoms with Gasteiger partial charge in [0.2, 0.25) is 5.75 Å². The van der Waals surface area contributed by atoms with Gasteiger partial charge in [0.1, 0.15) is 23.3 Å². The number of Topliss-reactive ketones (excluding diaryl/α,β-unsaturated/α-hetero) is 1. The number of ether oxygens (including phenoxy) is 5. The van der Waals surface area contributed by atoms with Crippen LogP contribution in [0.3, 0.4) is 0 Å². The van der Waals surface area contributed by atoms with E-state index in [2.05, 4.69) is 0 Å². The molecule has 0 aliphatic carbocycles. The van der Waals surface area contributed by atoms with Crippen LogP contribution in [0.5, 0.6) is 23.0 Å². The molecule has 0 spiro atoms. The Kier molecular flexibility index (Phi) is 7.75. The highest BCUT2D eigenvalue weighted by molar-refractivity contribution is 7.12. The van der Waals surface area contributed by atoms with Gasteiger partial charge in [-0.25, -0.2) is 0 Å². The summed E-state index contributed by atoms with van der Waals surface area (Å²) in [5.74, 6) is 1.47. The van der Waals surface area contributed by atoms with Gasteiger partial charge in [-0.1, -0.05) is 0 Å². The summed E-state index contributed by atoms with van der Waals surface area (Å²) in [5.41, 5.74) is 0.390. The summed E-state index contributed by atoms with van der Waals surface area (Å²) in [4.78, 5) is 27.4. The highest BCUT2D eigenvalue weighted by Gasteiger charge is 2.29. The first-order chi connectivity index (χ1) is 15.0. The van der Waals surface area contributed by atoms with Crippen molar-refractivity contribution in [3.05, 3.63) is 34.0 Å². The molecule has 1 aromatic carbocycles. The Morgan fingerprint density at radius 3 is 2.61 bits per heavy atom. The number of thiophene rings is 1. The molecule has 1 unspecified atom stereocenters. The van der Waals surface area contributed by atoms with Crippen molar-refractivity contribution < 1.29 is 33.3 Å². The zero-order valence-electron chi connectivity index (χ0n) is 18.1. The van der Waals surface area contributed by atoms with Crippen LogP contribution >= 0.6 is 11.3 Å². The van der Waals surface area contributed by atoms with E-state index in [1.54, 1.807) is 23.1 Å². The Labute approximate surface area is 185 Å². The molecule has 1 aliphatic heterocycles. The molecule has 9 heteroatoms. The number of amides is 1. The molecule has 2 aromatic rings. The molecule has 1 aromatic heterocycles. The number of methoxy groups -OCH3 is 2. The summed E-state index contributed by atoms with van der Waals surface area (Å²) in [5, 5.41) is 1.84. The van der Waals surface area contributed by atoms with Crippen LogP contribution in [0.15, 0.2) is 23.6 Å². The van der Waals surface area contributed by atoms with Crippen molar-refractivity contribution >= 4 is 23.0 Å². The van der Waals surface area contributed by atoms with Gasteiger partial charge >= 0.3 is 0 Å². The number of rotatable bonds is 9. The lowest BCUT2D eigenvalue weighted by Crippen LogP contribution is -2.47. The van der Waals surface area contributed by atoms with Gasteiger partial charge in [-0.3, -0.25) is 9.59 Å². The summed E-state index contributed by atoms with van der Waals surface area (Å²) in [6, 6.07) is 5.11. The molecule has 2 heterocycles. The minimum absolute atomic E-state index is 0.0878. The molecule has 168 valence electrons. The predicted octanol–water partition coefficient (Wildman–Crippen LogP) is 3.29. The van der Waals surface area contributed by atoms with Crippen LogP contribution in [0.4, 0.5) is 0 Å². The normalized spacial score (nSPS) is 16.0. The van der Waals surface area contributed by atoms with Gasteiger partial charge in [0.25, 0.3) is 5.91 Å². The third kappa shape index (κ3) is 5.11. The van der Waals surface area contributed by atoms with E-state index in [0.717, 1.165) is 0 Å². The van der Waals surface area contributed by atoms with E-state index in [1.165, 1.54) is 32.5 Å². The summed E-state index contributed by atoms with van der Waals surface area (Å²) >= 11 is 1.36. The number of carbonyl (C=O) groups is 2. The molecule has 31 heavy (non-hydrogen) atoms. The van der Waals surface area contributed by atoms with Crippen molar-refractivity contribution in [2.24, 2.45) is 0 Å². The molecule has 0 radical (unpaired) electrons.